The molecule has 0 radical (unpaired) electrons. The van der Waals surface area contributed by atoms with Gasteiger partial charge in [0.05, 0.1) is 19.2 Å². The lowest BCUT2D eigenvalue weighted by molar-refractivity contribution is -0.131. The Hall–Kier alpha value is -2.89. The minimum atomic E-state index is 0.159. The first kappa shape index (κ1) is 17.5. The Morgan fingerprint density at radius 2 is 2.19 bits per heavy atom. The van der Waals surface area contributed by atoms with E-state index in [4.69, 9.17) is 9.84 Å². The summed E-state index contributed by atoms with van der Waals surface area (Å²) in [5.74, 6) is 1.19. The number of piperidine rings is 1. The third kappa shape index (κ3) is 3.52. The van der Waals surface area contributed by atoms with Crippen LogP contribution in [0.1, 0.15) is 30.0 Å². The summed E-state index contributed by atoms with van der Waals surface area (Å²) < 4.78 is 7.09. The van der Waals surface area contributed by atoms with E-state index in [2.05, 4.69) is 11.1 Å². The summed E-state index contributed by atoms with van der Waals surface area (Å²) in [4.78, 5) is 19.3. The zero-order valence-electron chi connectivity index (χ0n) is 15.8. The zero-order valence-corrected chi connectivity index (χ0v) is 15.8. The van der Waals surface area contributed by atoms with Crippen molar-refractivity contribution in [3.05, 3.63) is 53.9 Å². The molecule has 1 atom stereocenters. The predicted molar refractivity (Wildman–Crippen MR) is 104 cm³/mol. The third-order valence-electron chi connectivity index (χ3n) is 5.28. The fraction of sp³-hybridized carbons (Fsp3) is 0.381. The van der Waals surface area contributed by atoms with Gasteiger partial charge in [0.15, 0.2) is 5.65 Å². The number of fused-ring (bicyclic) bond motifs is 1. The van der Waals surface area contributed by atoms with Gasteiger partial charge in [-0.05, 0) is 42.7 Å². The van der Waals surface area contributed by atoms with Crippen LogP contribution in [0.25, 0.3) is 11.0 Å². The molecular formula is C21H24N4O2. The first-order valence-corrected chi connectivity index (χ1v) is 9.34. The monoisotopic (exact) mass is 364 g/mol. The van der Waals surface area contributed by atoms with Crippen molar-refractivity contribution in [2.75, 3.05) is 20.2 Å². The van der Waals surface area contributed by atoms with Gasteiger partial charge in [-0.1, -0.05) is 12.1 Å². The average molecular weight is 364 g/mol. The summed E-state index contributed by atoms with van der Waals surface area (Å²) in [6.07, 6.45) is 4.23. The summed E-state index contributed by atoms with van der Waals surface area (Å²) in [6, 6.07) is 11.7. The quantitative estimate of drug-likeness (QED) is 0.714. The lowest BCUT2D eigenvalue weighted by Crippen LogP contribution is -2.40. The topological polar surface area (TPSA) is 60.2 Å². The van der Waals surface area contributed by atoms with Gasteiger partial charge < -0.3 is 9.64 Å². The Morgan fingerprint density at radius 3 is 3.04 bits per heavy atom. The number of benzene rings is 1. The van der Waals surface area contributed by atoms with Crippen LogP contribution in [0.15, 0.2) is 42.6 Å². The molecule has 27 heavy (non-hydrogen) atoms. The molecule has 1 saturated heterocycles. The van der Waals surface area contributed by atoms with Gasteiger partial charge in [0.25, 0.3) is 0 Å². The van der Waals surface area contributed by atoms with E-state index < -0.39 is 0 Å². The van der Waals surface area contributed by atoms with Crippen LogP contribution in [0, 0.1) is 0 Å². The Labute approximate surface area is 158 Å². The van der Waals surface area contributed by atoms with E-state index in [1.807, 2.05) is 47.0 Å². The van der Waals surface area contributed by atoms with Gasteiger partial charge in [-0.25, -0.2) is 4.98 Å². The molecule has 0 aliphatic carbocycles. The molecule has 1 fully saturated rings. The molecule has 0 N–H and O–H groups in total. The first-order chi connectivity index (χ1) is 13.2. The predicted octanol–water partition coefficient (Wildman–Crippen LogP) is 2.93. The van der Waals surface area contributed by atoms with Gasteiger partial charge in [0.2, 0.25) is 5.91 Å². The molecule has 1 aliphatic heterocycles. The van der Waals surface area contributed by atoms with Crippen LogP contribution in [0.4, 0.5) is 0 Å². The Balaban J connectivity index is 1.51. The van der Waals surface area contributed by atoms with E-state index in [0.717, 1.165) is 47.4 Å². The molecule has 1 amide bonds. The molecule has 3 aromatic rings. The number of aromatic nitrogens is 3. The Bertz CT molecular complexity index is 966. The van der Waals surface area contributed by atoms with Crippen LogP contribution in [0.5, 0.6) is 5.75 Å². The highest BCUT2D eigenvalue weighted by atomic mass is 16.5. The number of pyridine rings is 1. The molecule has 0 bridgehead atoms. The van der Waals surface area contributed by atoms with Gasteiger partial charge in [-0.15, -0.1) is 0 Å². The minimum Gasteiger partial charge on any atom is -0.497 e. The van der Waals surface area contributed by atoms with E-state index in [-0.39, 0.29) is 11.8 Å². The van der Waals surface area contributed by atoms with E-state index in [9.17, 15) is 4.79 Å². The molecule has 1 aromatic carbocycles. The van der Waals surface area contributed by atoms with Crippen molar-refractivity contribution in [3.63, 3.8) is 0 Å². The number of hydrogen-bond donors (Lipinski definition) is 0. The van der Waals surface area contributed by atoms with Crippen LogP contribution < -0.4 is 4.74 Å². The van der Waals surface area contributed by atoms with Crippen molar-refractivity contribution >= 4 is 16.9 Å². The van der Waals surface area contributed by atoms with Crippen LogP contribution in [-0.4, -0.2) is 45.8 Å². The van der Waals surface area contributed by atoms with E-state index >= 15 is 0 Å². The maximum absolute atomic E-state index is 12.9. The van der Waals surface area contributed by atoms with Crippen molar-refractivity contribution in [2.24, 2.45) is 7.05 Å². The van der Waals surface area contributed by atoms with Crippen molar-refractivity contribution in [1.82, 2.24) is 19.7 Å². The average Bonchev–Trinajstić information content (AvgIpc) is 3.05. The standard InChI is InChI=1S/C21H24N4O2/c1-24-21-18(9-4-10-22-21)20(23-24)16-7-5-11-25(14-16)19(26)13-15-6-3-8-17(12-15)27-2/h3-4,6,8-10,12,16H,5,7,11,13-14H2,1-2H3/t16-/m1/s1. The van der Waals surface area contributed by atoms with E-state index in [1.54, 1.807) is 13.3 Å². The van der Waals surface area contributed by atoms with Crippen molar-refractivity contribution in [2.45, 2.75) is 25.2 Å². The normalized spacial score (nSPS) is 17.3. The van der Waals surface area contributed by atoms with Gasteiger partial charge >= 0.3 is 0 Å². The summed E-state index contributed by atoms with van der Waals surface area (Å²) in [7, 11) is 3.57. The lowest BCUT2D eigenvalue weighted by atomic mass is 9.93. The molecule has 2 aromatic heterocycles. The number of hydrogen-bond acceptors (Lipinski definition) is 4. The third-order valence-corrected chi connectivity index (χ3v) is 5.28. The number of carbonyl (C=O) groups excluding carboxylic acids is 1. The fourth-order valence-electron chi connectivity index (χ4n) is 3.91. The van der Waals surface area contributed by atoms with Crippen LogP contribution >= 0.6 is 0 Å². The van der Waals surface area contributed by atoms with Gasteiger partial charge in [-0.3, -0.25) is 9.48 Å². The molecule has 6 heteroatoms. The number of carbonyl (C=O) groups is 1. The Morgan fingerprint density at radius 1 is 1.30 bits per heavy atom. The number of amides is 1. The molecule has 140 valence electrons. The van der Waals surface area contributed by atoms with Gasteiger partial charge in [-0.2, -0.15) is 5.10 Å². The number of rotatable bonds is 4. The van der Waals surface area contributed by atoms with Crippen LogP contribution in [-0.2, 0) is 18.3 Å². The largest absolute Gasteiger partial charge is 0.497 e. The smallest absolute Gasteiger partial charge is 0.227 e. The molecule has 4 rings (SSSR count). The number of methoxy groups -OCH3 is 1. The van der Waals surface area contributed by atoms with Crippen LogP contribution in [0.2, 0.25) is 0 Å². The molecule has 0 saturated carbocycles. The number of likely N-dealkylation sites (tertiary alicyclic amines) is 1. The van der Waals surface area contributed by atoms with Gasteiger partial charge in [0, 0.05) is 37.6 Å². The fourth-order valence-corrected chi connectivity index (χ4v) is 3.91. The molecule has 0 unspecified atom stereocenters. The van der Waals surface area contributed by atoms with Crippen molar-refractivity contribution in [1.29, 1.82) is 0 Å². The van der Waals surface area contributed by atoms with E-state index in [0.29, 0.717) is 13.0 Å². The zero-order chi connectivity index (χ0) is 18.8. The molecular weight excluding hydrogens is 340 g/mol. The van der Waals surface area contributed by atoms with Crippen molar-refractivity contribution < 1.29 is 9.53 Å². The highest BCUT2D eigenvalue weighted by Crippen LogP contribution is 2.31. The maximum Gasteiger partial charge on any atom is 0.227 e. The summed E-state index contributed by atoms with van der Waals surface area (Å²) >= 11 is 0. The number of ether oxygens (including phenoxy) is 1. The second kappa shape index (κ2) is 7.39. The second-order valence-corrected chi connectivity index (χ2v) is 7.09. The summed E-state index contributed by atoms with van der Waals surface area (Å²) in [6.45, 7) is 1.52. The second-order valence-electron chi connectivity index (χ2n) is 7.09. The molecule has 1 aliphatic rings. The van der Waals surface area contributed by atoms with Crippen molar-refractivity contribution in [3.8, 4) is 5.75 Å². The number of nitrogens with zero attached hydrogens (tertiary/aromatic N) is 4. The maximum atomic E-state index is 12.9. The van der Waals surface area contributed by atoms with Gasteiger partial charge in [0.1, 0.15) is 5.75 Å². The molecule has 0 spiro atoms. The lowest BCUT2D eigenvalue weighted by Gasteiger charge is -2.32. The first-order valence-electron chi connectivity index (χ1n) is 9.34. The summed E-state index contributed by atoms with van der Waals surface area (Å²) in [5.41, 5.74) is 2.93. The highest BCUT2D eigenvalue weighted by Gasteiger charge is 2.28. The summed E-state index contributed by atoms with van der Waals surface area (Å²) in [5, 5.41) is 5.80. The van der Waals surface area contributed by atoms with Crippen LogP contribution in [0.3, 0.4) is 0 Å². The number of aryl methyl sites for hydroxylation is 1. The highest BCUT2D eigenvalue weighted by molar-refractivity contribution is 5.80. The minimum absolute atomic E-state index is 0.159. The molecule has 6 nitrogen and oxygen atoms in total. The Kier molecular flexibility index (Phi) is 4.79. The van der Waals surface area contributed by atoms with E-state index in [1.165, 1.54) is 0 Å². The molecule has 3 heterocycles. The SMILES string of the molecule is COc1cccc(CC(=O)N2CCC[C@@H](c3nn(C)c4ncccc34)C2)c1.